The fourth-order valence-electron chi connectivity index (χ4n) is 3.52. The zero-order chi connectivity index (χ0) is 34.8. The molecular formula is C40H59ClNO3P. The van der Waals surface area contributed by atoms with Gasteiger partial charge in [-0.2, -0.15) is 0 Å². The molecule has 0 aliphatic heterocycles. The molecule has 4 nitrogen and oxygen atoms in total. The van der Waals surface area contributed by atoms with Crippen molar-refractivity contribution in [3.05, 3.63) is 126 Å². The van der Waals surface area contributed by atoms with E-state index in [9.17, 15) is 0 Å². The summed E-state index contributed by atoms with van der Waals surface area (Å²) in [6.07, 6.45) is 4.29. The smallest absolute Gasteiger partial charge is 0.313 e. The van der Waals surface area contributed by atoms with Crippen molar-refractivity contribution in [2.75, 3.05) is 30.6 Å². The quantitative estimate of drug-likeness (QED) is 0.0904. The highest BCUT2D eigenvalue weighted by Crippen LogP contribution is 2.38. The molecule has 0 amide bonds. The van der Waals surface area contributed by atoms with Gasteiger partial charge in [-0.25, -0.2) is 0 Å². The highest BCUT2D eigenvalue weighted by molar-refractivity contribution is 7.41. The third kappa shape index (κ3) is 20.2. The van der Waals surface area contributed by atoms with E-state index in [0.29, 0.717) is 19.8 Å². The molecule has 0 unspecified atom stereocenters. The monoisotopic (exact) mass is 667 g/mol. The fraction of sp³-hybridized carbons (Fsp3) is 0.350. The summed E-state index contributed by atoms with van der Waals surface area (Å²) >= 11 is 5.00. The van der Waals surface area contributed by atoms with Gasteiger partial charge in [0.1, 0.15) is 0 Å². The third-order valence-corrected chi connectivity index (χ3v) is 6.56. The van der Waals surface area contributed by atoms with E-state index in [0.717, 1.165) is 22.9 Å². The maximum absolute atomic E-state index is 5.14. The van der Waals surface area contributed by atoms with Crippen molar-refractivity contribution in [1.82, 2.24) is 0 Å². The standard InChI is InChI=1S/C26H21N.C6H15O3P.C2H5Cl.3C2H6/c1-4-10-22(11-5-1)16-17-23-18-20-26(21-19-23)27(24-12-6-2-7-13-24)25-14-8-3-9-15-25;1-4-7-10(8-5-2)9-6-3;1-2-3;3*1-2/h1-21H;4-6H2,1-3H3;2H2,1H3;3*1-2H3. The highest BCUT2D eigenvalue weighted by Gasteiger charge is 2.11. The van der Waals surface area contributed by atoms with Crippen LogP contribution in [0.15, 0.2) is 115 Å². The van der Waals surface area contributed by atoms with Crippen molar-refractivity contribution >= 4 is 49.4 Å². The van der Waals surface area contributed by atoms with Gasteiger partial charge in [-0.3, -0.25) is 0 Å². The molecule has 0 saturated heterocycles. The van der Waals surface area contributed by atoms with Crippen molar-refractivity contribution in [2.45, 2.75) is 69.2 Å². The molecule has 0 radical (unpaired) electrons. The molecule has 4 aromatic rings. The molecule has 0 N–H and O–H groups in total. The van der Waals surface area contributed by atoms with Gasteiger partial charge >= 0.3 is 8.60 Å². The lowest BCUT2D eigenvalue weighted by atomic mass is 10.1. The predicted molar refractivity (Wildman–Crippen MR) is 209 cm³/mol. The summed E-state index contributed by atoms with van der Waals surface area (Å²) in [7, 11) is -1.06. The lowest BCUT2D eigenvalue weighted by molar-refractivity contribution is 0.176. The highest BCUT2D eigenvalue weighted by atomic mass is 35.5. The van der Waals surface area contributed by atoms with E-state index < -0.39 is 8.60 Å². The fourth-order valence-corrected chi connectivity index (χ4v) is 4.38. The summed E-state index contributed by atoms with van der Waals surface area (Å²) < 4.78 is 15.4. The number of hydrogen-bond acceptors (Lipinski definition) is 4. The Kier molecular flexibility index (Phi) is 32.8. The zero-order valence-corrected chi connectivity index (χ0v) is 31.6. The Morgan fingerprint density at radius 3 is 1.09 bits per heavy atom. The first-order valence-corrected chi connectivity index (χ1v) is 18.3. The van der Waals surface area contributed by atoms with Crippen LogP contribution in [-0.2, 0) is 13.6 Å². The van der Waals surface area contributed by atoms with Gasteiger partial charge in [-0.05, 0) is 68.3 Å². The van der Waals surface area contributed by atoms with Crippen LogP contribution in [-0.4, -0.2) is 25.7 Å². The molecule has 0 fully saturated rings. The first kappa shape index (κ1) is 45.1. The Hall–Kier alpha value is -2.98. The van der Waals surface area contributed by atoms with Crippen LogP contribution >= 0.6 is 20.2 Å². The van der Waals surface area contributed by atoms with Crippen LogP contribution in [0.3, 0.4) is 0 Å². The summed E-state index contributed by atoms with van der Waals surface area (Å²) in [5.74, 6) is 0.722. The van der Waals surface area contributed by atoms with E-state index in [1.54, 1.807) is 0 Å². The minimum absolute atomic E-state index is 0.645. The van der Waals surface area contributed by atoms with Gasteiger partial charge in [-0.15, -0.1) is 11.6 Å². The lowest BCUT2D eigenvalue weighted by Gasteiger charge is -2.25. The summed E-state index contributed by atoms with van der Waals surface area (Å²) in [5.41, 5.74) is 5.83. The van der Waals surface area contributed by atoms with Gasteiger partial charge in [0.15, 0.2) is 0 Å². The molecular weight excluding hydrogens is 609 g/mol. The van der Waals surface area contributed by atoms with Gasteiger partial charge in [0.05, 0.1) is 19.8 Å². The molecule has 6 heteroatoms. The average molecular weight is 668 g/mol. The Morgan fingerprint density at radius 2 is 0.761 bits per heavy atom. The van der Waals surface area contributed by atoms with E-state index in [1.807, 2.05) is 87.4 Å². The number of hydrogen-bond donors (Lipinski definition) is 0. The van der Waals surface area contributed by atoms with Gasteiger partial charge in [0, 0.05) is 22.9 Å². The van der Waals surface area contributed by atoms with Crippen LogP contribution in [0, 0.1) is 0 Å². The number of alkyl halides is 1. The topological polar surface area (TPSA) is 30.9 Å². The van der Waals surface area contributed by atoms with Gasteiger partial charge in [-0.1, -0.05) is 139 Å². The lowest BCUT2D eigenvalue weighted by Crippen LogP contribution is -2.09. The predicted octanol–water partition coefficient (Wildman–Crippen LogP) is 14.0. The Bertz CT molecular complexity index is 1120. The summed E-state index contributed by atoms with van der Waals surface area (Å²) in [6, 6.07) is 39.9. The van der Waals surface area contributed by atoms with Gasteiger partial charge in [0.2, 0.25) is 0 Å². The minimum Gasteiger partial charge on any atom is -0.313 e. The summed E-state index contributed by atoms with van der Waals surface area (Å²) in [6.45, 7) is 21.6. The number of anilines is 3. The van der Waals surface area contributed by atoms with Crippen LogP contribution < -0.4 is 4.90 Å². The van der Waals surface area contributed by atoms with Crippen molar-refractivity contribution in [3.8, 4) is 0 Å². The summed E-state index contributed by atoms with van der Waals surface area (Å²) in [5, 5.41) is 0. The molecule has 4 rings (SSSR count). The number of halogens is 1. The van der Waals surface area contributed by atoms with Crippen LogP contribution in [0.4, 0.5) is 17.1 Å². The molecule has 254 valence electrons. The Balaban J connectivity index is 0. The third-order valence-electron chi connectivity index (χ3n) is 5.15. The van der Waals surface area contributed by atoms with E-state index in [-0.39, 0.29) is 0 Å². The maximum atomic E-state index is 5.14. The summed E-state index contributed by atoms with van der Waals surface area (Å²) in [4.78, 5) is 2.27. The van der Waals surface area contributed by atoms with Crippen molar-refractivity contribution in [2.24, 2.45) is 0 Å². The van der Waals surface area contributed by atoms with Crippen molar-refractivity contribution in [3.63, 3.8) is 0 Å². The Morgan fingerprint density at radius 1 is 0.478 bits per heavy atom. The molecule has 4 aromatic carbocycles. The van der Waals surface area contributed by atoms with E-state index >= 15 is 0 Å². The van der Waals surface area contributed by atoms with E-state index in [4.69, 9.17) is 25.2 Å². The molecule has 0 aromatic heterocycles. The second-order valence-electron chi connectivity index (χ2n) is 8.09. The maximum Gasteiger partial charge on any atom is 0.332 e. The normalized spacial score (nSPS) is 9.48. The molecule has 0 atom stereocenters. The second-order valence-corrected chi connectivity index (χ2v) is 9.84. The number of para-hydroxylation sites is 2. The van der Waals surface area contributed by atoms with Gasteiger partial charge < -0.3 is 18.5 Å². The van der Waals surface area contributed by atoms with E-state index in [1.165, 1.54) is 11.1 Å². The molecule has 0 aliphatic carbocycles. The molecule has 46 heavy (non-hydrogen) atoms. The number of nitrogens with zero attached hydrogens (tertiary/aromatic N) is 1. The molecule has 0 spiro atoms. The second kappa shape index (κ2) is 33.4. The SMILES string of the molecule is C(=Cc1ccc(N(c2ccccc2)c2ccccc2)cc1)c1ccccc1.CC.CC.CC.CCCl.CCOP(OCC)OCC. The first-order valence-electron chi connectivity index (χ1n) is 16.6. The van der Waals surface area contributed by atoms with Crippen LogP contribution in [0.2, 0.25) is 0 Å². The minimum atomic E-state index is -1.06. The molecule has 0 bridgehead atoms. The number of rotatable bonds is 11. The number of benzene rings is 4. The largest absolute Gasteiger partial charge is 0.332 e. The Labute approximate surface area is 288 Å². The van der Waals surface area contributed by atoms with Gasteiger partial charge in [0.25, 0.3) is 0 Å². The zero-order valence-electron chi connectivity index (χ0n) is 29.9. The first-order chi connectivity index (χ1) is 22.7. The molecule has 0 saturated carbocycles. The van der Waals surface area contributed by atoms with Crippen LogP contribution in [0.1, 0.15) is 80.4 Å². The van der Waals surface area contributed by atoms with E-state index in [2.05, 4.69) is 114 Å². The van der Waals surface area contributed by atoms with Crippen molar-refractivity contribution in [1.29, 1.82) is 0 Å². The molecule has 0 aliphatic rings. The van der Waals surface area contributed by atoms with Crippen LogP contribution in [0.25, 0.3) is 12.2 Å². The van der Waals surface area contributed by atoms with Crippen molar-refractivity contribution < 1.29 is 13.6 Å². The average Bonchev–Trinajstić information content (AvgIpc) is 3.13. The molecule has 0 heterocycles. The van der Waals surface area contributed by atoms with Crippen LogP contribution in [0.5, 0.6) is 0 Å².